The Morgan fingerprint density at radius 1 is 1.17 bits per heavy atom. The molecule has 3 nitrogen and oxygen atoms in total. The molecule has 2 rings (SSSR count). The fourth-order valence-corrected chi connectivity index (χ4v) is 1.29. The Morgan fingerprint density at radius 3 is 2.67 bits per heavy atom. The van der Waals surface area contributed by atoms with Gasteiger partial charge in [-0.2, -0.15) is 0 Å². The third-order valence-corrected chi connectivity index (χ3v) is 2.32. The number of rotatable bonds is 0. The number of fused-ring (bicyclic) bond motifs is 1. The molecule has 0 amide bonds. The quantitative estimate of drug-likeness (QED) is 0.637. The Morgan fingerprint density at radius 2 is 1.92 bits per heavy atom. The Hall–Kier alpha value is -1.38. The molecule has 0 unspecified atom stereocenters. The Bertz CT molecular complexity index is 429. The second-order valence-corrected chi connectivity index (χ2v) is 2.99. The maximum absolute atomic E-state index is 4.32. The number of hydrogen-bond donors (Lipinski definition) is 1. The largest absolute Gasteiger partial charge is 0.334 e. The number of aromatic amines is 1. The van der Waals surface area contributed by atoms with E-state index in [0.29, 0.717) is 0 Å². The lowest BCUT2D eigenvalue weighted by atomic mass is 10.1. The van der Waals surface area contributed by atoms with Gasteiger partial charge in [0.15, 0.2) is 12.0 Å². The Balaban J connectivity index is 2.94. The summed E-state index contributed by atoms with van der Waals surface area (Å²) in [5.74, 6) is 0. The van der Waals surface area contributed by atoms with Crippen molar-refractivity contribution in [2.75, 3.05) is 0 Å². The van der Waals surface area contributed by atoms with Gasteiger partial charge in [0, 0.05) is 5.69 Å². The molecule has 3 heteroatoms. The Labute approximate surface area is 70.9 Å². The summed E-state index contributed by atoms with van der Waals surface area (Å²) in [7, 11) is 0. The Kier molecular flexibility index (Phi) is 1.40. The first-order valence-corrected chi connectivity index (χ1v) is 3.89. The zero-order valence-corrected chi connectivity index (χ0v) is 7.39. The molecule has 0 bridgehead atoms. The maximum atomic E-state index is 4.32. The van der Waals surface area contributed by atoms with E-state index in [9.17, 15) is 0 Å². The highest BCUT2D eigenvalue weighted by molar-refractivity contribution is 5.75. The van der Waals surface area contributed by atoms with E-state index >= 15 is 0 Å². The van der Waals surface area contributed by atoms with E-state index in [1.165, 1.54) is 11.1 Å². The van der Waals surface area contributed by atoms with Gasteiger partial charge < -0.3 is 4.98 Å². The van der Waals surface area contributed by atoms with Crippen LogP contribution in [0.2, 0.25) is 0 Å². The summed E-state index contributed by atoms with van der Waals surface area (Å²) in [6.07, 6.45) is 2.70. The number of imidazole rings is 1. The van der Waals surface area contributed by atoms with E-state index in [1.54, 1.807) is 0 Å². The predicted molar refractivity (Wildman–Crippen MR) is 46.9 cm³/mol. The van der Waals surface area contributed by atoms with E-state index in [2.05, 4.69) is 35.1 Å². The van der Waals surface area contributed by atoms with E-state index in [-0.39, 0.29) is 0 Å². The lowest BCUT2D eigenvalue weighted by Gasteiger charge is -2.03. The van der Waals surface area contributed by atoms with Crippen LogP contribution in [0.15, 0.2) is 0 Å². The molecule has 0 fully saturated rings. The zero-order valence-electron chi connectivity index (χ0n) is 7.39. The van der Waals surface area contributed by atoms with Gasteiger partial charge in [0.05, 0.1) is 5.52 Å². The minimum atomic E-state index is 0.760. The molecule has 0 atom stereocenters. The molecular formula is C9H10N3. The van der Waals surface area contributed by atoms with Crippen molar-refractivity contribution in [1.82, 2.24) is 15.0 Å². The molecule has 61 valence electrons. The van der Waals surface area contributed by atoms with E-state index in [0.717, 1.165) is 16.9 Å². The second-order valence-electron chi connectivity index (χ2n) is 2.99. The summed E-state index contributed by atoms with van der Waals surface area (Å²) >= 11 is 0. The van der Waals surface area contributed by atoms with Crippen molar-refractivity contribution >= 4 is 11.2 Å². The lowest BCUT2D eigenvalue weighted by Crippen LogP contribution is -1.92. The van der Waals surface area contributed by atoms with Crippen LogP contribution in [-0.4, -0.2) is 15.0 Å². The molecule has 0 aromatic carbocycles. The molecule has 0 saturated heterocycles. The molecule has 0 spiro atoms. The lowest BCUT2D eigenvalue weighted by molar-refractivity contribution is 1.15. The number of nitrogens with zero attached hydrogens (tertiary/aromatic N) is 2. The molecule has 2 aromatic rings. The van der Waals surface area contributed by atoms with Crippen LogP contribution >= 0.6 is 0 Å². The van der Waals surface area contributed by atoms with Crippen molar-refractivity contribution in [3.05, 3.63) is 23.1 Å². The molecule has 0 aliphatic heterocycles. The van der Waals surface area contributed by atoms with Crippen LogP contribution in [-0.2, 0) is 0 Å². The highest BCUT2D eigenvalue weighted by Crippen LogP contribution is 2.17. The van der Waals surface area contributed by atoms with Crippen molar-refractivity contribution < 1.29 is 0 Å². The number of H-pyrrole nitrogens is 1. The summed E-state index contributed by atoms with van der Waals surface area (Å²) in [6, 6.07) is 0. The van der Waals surface area contributed by atoms with Crippen LogP contribution in [0.1, 0.15) is 16.8 Å². The third-order valence-electron chi connectivity index (χ3n) is 2.32. The van der Waals surface area contributed by atoms with Gasteiger partial charge in [0.2, 0.25) is 0 Å². The minimum Gasteiger partial charge on any atom is -0.334 e. The van der Waals surface area contributed by atoms with Crippen molar-refractivity contribution in [3.8, 4) is 0 Å². The molecule has 0 aliphatic rings. The minimum absolute atomic E-state index is 0.760. The highest BCUT2D eigenvalue weighted by atomic mass is 15.0. The first-order chi connectivity index (χ1) is 5.70. The van der Waals surface area contributed by atoms with E-state index < -0.39 is 0 Å². The van der Waals surface area contributed by atoms with E-state index in [4.69, 9.17) is 0 Å². The van der Waals surface area contributed by atoms with E-state index in [1.807, 2.05) is 6.92 Å². The molecule has 1 N–H and O–H groups in total. The molecule has 1 radical (unpaired) electrons. The van der Waals surface area contributed by atoms with Gasteiger partial charge in [-0.1, -0.05) is 0 Å². The van der Waals surface area contributed by atoms with Gasteiger partial charge in [-0.15, -0.1) is 0 Å². The molecule has 2 heterocycles. The van der Waals surface area contributed by atoms with Crippen LogP contribution in [0.4, 0.5) is 0 Å². The molecular weight excluding hydrogens is 150 g/mol. The van der Waals surface area contributed by atoms with Crippen molar-refractivity contribution in [2.45, 2.75) is 20.8 Å². The monoisotopic (exact) mass is 160 g/mol. The highest BCUT2D eigenvalue weighted by Gasteiger charge is 2.06. The van der Waals surface area contributed by atoms with Crippen LogP contribution in [0.25, 0.3) is 11.2 Å². The van der Waals surface area contributed by atoms with Gasteiger partial charge in [-0.05, 0) is 31.9 Å². The van der Waals surface area contributed by atoms with Gasteiger partial charge in [0.25, 0.3) is 0 Å². The first kappa shape index (κ1) is 7.28. The SMILES string of the molecule is Cc1nc2n[c][nH]c2c(C)c1C. The third kappa shape index (κ3) is 0.826. The molecule has 2 aromatic heterocycles. The standard InChI is InChI=1S/C9H10N3/c1-5-6(2)8-9(11-4-10-8)12-7(5)3/h1-3H3,(H,10,11,12). The fourth-order valence-electron chi connectivity index (χ4n) is 1.29. The average molecular weight is 160 g/mol. The summed E-state index contributed by atoms with van der Waals surface area (Å²) in [6.45, 7) is 6.13. The average Bonchev–Trinajstić information content (AvgIpc) is 2.48. The zero-order chi connectivity index (χ0) is 8.72. The first-order valence-electron chi connectivity index (χ1n) is 3.89. The number of nitrogens with one attached hydrogen (secondary N) is 1. The molecule has 0 aliphatic carbocycles. The summed E-state index contributed by atoms with van der Waals surface area (Å²) < 4.78 is 0. The van der Waals surface area contributed by atoms with Crippen LogP contribution < -0.4 is 0 Å². The second kappa shape index (κ2) is 2.30. The van der Waals surface area contributed by atoms with Gasteiger partial charge in [0.1, 0.15) is 0 Å². The summed E-state index contributed by atoms with van der Waals surface area (Å²) in [4.78, 5) is 11.3. The number of pyridine rings is 1. The topological polar surface area (TPSA) is 41.6 Å². The number of hydrogen-bond acceptors (Lipinski definition) is 2. The fraction of sp³-hybridized carbons (Fsp3) is 0.333. The van der Waals surface area contributed by atoms with Crippen LogP contribution in [0, 0.1) is 27.1 Å². The van der Waals surface area contributed by atoms with Gasteiger partial charge in [-0.25, -0.2) is 9.97 Å². The molecule has 0 saturated carbocycles. The maximum Gasteiger partial charge on any atom is 0.178 e. The van der Waals surface area contributed by atoms with Crippen LogP contribution in [0.3, 0.4) is 0 Å². The van der Waals surface area contributed by atoms with Gasteiger partial charge in [-0.3, -0.25) is 0 Å². The summed E-state index contributed by atoms with van der Waals surface area (Å²) in [5.41, 5.74) is 5.24. The van der Waals surface area contributed by atoms with Crippen molar-refractivity contribution in [3.63, 3.8) is 0 Å². The summed E-state index contributed by atoms with van der Waals surface area (Å²) in [5, 5.41) is 0. The number of aromatic nitrogens is 3. The van der Waals surface area contributed by atoms with Gasteiger partial charge >= 0.3 is 0 Å². The van der Waals surface area contributed by atoms with Crippen molar-refractivity contribution in [2.24, 2.45) is 0 Å². The number of aryl methyl sites for hydroxylation is 2. The van der Waals surface area contributed by atoms with Crippen molar-refractivity contribution in [1.29, 1.82) is 0 Å². The smallest absolute Gasteiger partial charge is 0.178 e. The normalized spacial score (nSPS) is 10.9. The molecule has 12 heavy (non-hydrogen) atoms. The van der Waals surface area contributed by atoms with Crippen LogP contribution in [0.5, 0.6) is 0 Å². The predicted octanol–water partition coefficient (Wildman–Crippen LogP) is 1.68.